The maximum absolute atomic E-state index is 12.7. The lowest BCUT2D eigenvalue weighted by Gasteiger charge is -2.30. The third kappa shape index (κ3) is 4.03. The molecule has 25 heavy (non-hydrogen) atoms. The van der Waals surface area contributed by atoms with Crippen LogP contribution in [0.15, 0.2) is 34.2 Å². The van der Waals surface area contributed by atoms with Gasteiger partial charge in [0.05, 0.1) is 23.1 Å². The van der Waals surface area contributed by atoms with Crippen LogP contribution < -0.4 is 5.32 Å². The number of nitrogens with one attached hydrogen (secondary N) is 1. The molecule has 2 aliphatic heterocycles. The summed E-state index contributed by atoms with van der Waals surface area (Å²) < 4.78 is 26.7. The van der Waals surface area contributed by atoms with Crippen LogP contribution in [-0.2, 0) is 14.8 Å². The molecule has 0 saturated carbocycles. The Morgan fingerprint density at radius 1 is 1.28 bits per heavy atom. The molecule has 0 aliphatic carbocycles. The number of sulfonamides is 1. The minimum absolute atomic E-state index is 0.0800. The highest BCUT2D eigenvalue weighted by Crippen LogP contribution is 2.24. The number of amidine groups is 1. The summed E-state index contributed by atoms with van der Waals surface area (Å²) in [5.74, 6) is 0.608. The average Bonchev–Trinajstić information content (AvgIpc) is 3.15. The molecule has 0 radical (unpaired) electrons. The number of aliphatic imine (C=N–C) groups is 1. The third-order valence-electron chi connectivity index (χ3n) is 4.26. The van der Waals surface area contributed by atoms with Gasteiger partial charge >= 0.3 is 0 Å². The van der Waals surface area contributed by atoms with Gasteiger partial charge in [-0.2, -0.15) is 9.57 Å². The van der Waals surface area contributed by atoms with Gasteiger partial charge in [-0.15, -0.1) is 0 Å². The van der Waals surface area contributed by atoms with Crippen molar-refractivity contribution in [3.63, 3.8) is 0 Å². The standard InChI is InChI=1S/C16H18N4O3S2/c17-11-12-1-3-14(4-2-12)25(22,23)20-8-5-13(6-9-20)15(21)19-16-18-7-10-24-16/h1-4,13H,5-10H2,(H,18,19,21). The van der Waals surface area contributed by atoms with Gasteiger partial charge in [0.2, 0.25) is 15.9 Å². The highest BCUT2D eigenvalue weighted by molar-refractivity contribution is 8.14. The summed E-state index contributed by atoms with van der Waals surface area (Å²) in [5, 5.41) is 12.3. The van der Waals surface area contributed by atoms with E-state index in [0.717, 1.165) is 12.3 Å². The zero-order valence-corrected chi connectivity index (χ0v) is 15.1. The van der Waals surface area contributed by atoms with E-state index in [2.05, 4.69) is 10.3 Å². The van der Waals surface area contributed by atoms with E-state index in [1.165, 1.54) is 40.3 Å². The van der Waals surface area contributed by atoms with E-state index in [9.17, 15) is 13.2 Å². The van der Waals surface area contributed by atoms with E-state index in [0.29, 0.717) is 36.7 Å². The van der Waals surface area contributed by atoms with Crippen LogP contribution in [0, 0.1) is 17.2 Å². The van der Waals surface area contributed by atoms with Gasteiger partial charge in [-0.05, 0) is 37.1 Å². The van der Waals surface area contributed by atoms with Crippen LogP contribution in [0.1, 0.15) is 18.4 Å². The van der Waals surface area contributed by atoms with E-state index < -0.39 is 10.0 Å². The number of hydrogen-bond donors (Lipinski definition) is 1. The Morgan fingerprint density at radius 3 is 2.52 bits per heavy atom. The molecule has 1 N–H and O–H groups in total. The number of amides is 1. The van der Waals surface area contributed by atoms with Gasteiger partial charge in [-0.3, -0.25) is 9.79 Å². The van der Waals surface area contributed by atoms with Gasteiger partial charge in [0.1, 0.15) is 0 Å². The van der Waals surface area contributed by atoms with Crippen molar-refractivity contribution in [2.24, 2.45) is 10.9 Å². The summed E-state index contributed by atoms with van der Waals surface area (Å²) in [7, 11) is -3.59. The Kier molecular flexibility index (Phi) is 5.42. The second kappa shape index (κ2) is 7.56. The van der Waals surface area contributed by atoms with Gasteiger partial charge in [0.25, 0.3) is 0 Å². The van der Waals surface area contributed by atoms with Crippen molar-refractivity contribution in [1.29, 1.82) is 5.26 Å². The number of nitriles is 1. The second-order valence-electron chi connectivity index (χ2n) is 5.84. The van der Waals surface area contributed by atoms with Crippen molar-refractivity contribution in [2.45, 2.75) is 17.7 Å². The third-order valence-corrected chi connectivity index (χ3v) is 7.07. The number of thioether (sulfide) groups is 1. The average molecular weight is 378 g/mol. The molecule has 9 heteroatoms. The van der Waals surface area contributed by atoms with Gasteiger partial charge in [0.15, 0.2) is 5.17 Å². The van der Waals surface area contributed by atoms with Crippen molar-refractivity contribution in [2.75, 3.05) is 25.4 Å². The summed E-state index contributed by atoms with van der Waals surface area (Å²) in [6.45, 7) is 1.33. The van der Waals surface area contributed by atoms with E-state index in [4.69, 9.17) is 5.26 Å². The minimum Gasteiger partial charge on any atom is -0.305 e. The highest BCUT2D eigenvalue weighted by atomic mass is 32.2. The molecule has 1 aromatic carbocycles. The Bertz CT molecular complexity index is 820. The Balaban J connectivity index is 1.60. The molecule has 7 nitrogen and oxygen atoms in total. The summed E-state index contributed by atoms with van der Waals surface area (Å²) in [5.41, 5.74) is 0.419. The summed E-state index contributed by atoms with van der Waals surface area (Å²) >= 11 is 1.53. The number of nitrogens with zero attached hydrogens (tertiary/aromatic N) is 3. The van der Waals surface area contributed by atoms with E-state index in [-0.39, 0.29) is 16.7 Å². The number of rotatable bonds is 3. The lowest BCUT2D eigenvalue weighted by Crippen LogP contribution is -2.43. The number of carbonyl (C=O) groups excluding carboxylic acids is 1. The number of benzene rings is 1. The Labute approximate surface area is 151 Å². The molecule has 0 aromatic heterocycles. The van der Waals surface area contributed by atoms with Crippen molar-refractivity contribution < 1.29 is 13.2 Å². The summed E-state index contributed by atoms with van der Waals surface area (Å²) in [4.78, 5) is 16.6. The van der Waals surface area contributed by atoms with Crippen molar-refractivity contribution in [3.8, 4) is 6.07 Å². The lowest BCUT2D eigenvalue weighted by molar-refractivity contribution is -0.124. The monoisotopic (exact) mass is 378 g/mol. The molecular formula is C16H18N4O3S2. The molecule has 3 rings (SSSR count). The topological polar surface area (TPSA) is 103 Å². The molecule has 0 bridgehead atoms. The number of hydrogen-bond acceptors (Lipinski definition) is 6. The lowest BCUT2D eigenvalue weighted by atomic mass is 9.97. The molecule has 1 fully saturated rings. The summed E-state index contributed by atoms with van der Waals surface area (Å²) in [6, 6.07) is 7.85. The fourth-order valence-electron chi connectivity index (χ4n) is 2.83. The highest BCUT2D eigenvalue weighted by Gasteiger charge is 2.32. The number of piperidine rings is 1. The van der Waals surface area contributed by atoms with E-state index >= 15 is 0 Å². The van der Waals surface area contributed by atoms with Gasteiger partial charge in [0, 0.05) is 24.8 Å². The van der Waals surface area contributed by atoms with Crippen LogP contribution in [-0.4, -0.2) is 49.2 Å². The van der Waals surface area contributed by atoms with Crippen LogP contribution >= 0.6 is 11.8 Å². The van der Waals surface area contributed by atoms with Crippen LogP contribution in [0.2, 0.25) is 0 Å². The van der Waals surface area contributed by atoms with Crippen LogP contribution in [0.25, 0.3) is 0 Å². The van der Waals surface area contributed by atoms with Crippen LogP contribution in [0.3, 0.4) is 0 Å². The first-order valence-electron chi connectivity index (χ1n) is 7.99. The molecule has 2 heterocycles. The van der Waals surface area contributed by atoms with E-state index in [1.54, 1.807) is 0 Å². The molecule has 1 saturated heterocycles. The first-order valence-corrected chi connectivity index (χ1v) is 10.4. The maximum atomic E-state index is 12.7. The van der Waals surface area contributed by atoms with Crippen LogP contribution in [0.4, 0.5) is 0 Å². The first-order chi connectivity index (χ1) is 12.0. The molecular weight excluding hydrogens is 360 g/mol. The summed E-state index contributed by atoms with van der Waals surface area (Å²) in [6.07, 6.45) is 0.971. The smallest absolute Gasteiger partial charge is 0.243 e. The molecule has 1 aromatic rings. The largest absolute Gasteiger partial charge is 0.305 e. The molecule has 0 unspecified atom stereocenters. The first kappa shape index (κ1) is 17.9. The Morgan fingerprint density at radius 2 is 1.96 bits per heavy atom. The fourth-order valence-corrected chi connectivity index (χ4v) is 5.03. The molecule has 2 aliphatic rings. The Hall–Kier alpha value is -1.89. The predicted octanol–water partition coefficient (Wildman–Crippen LogP) is 1.18. The van der Waals surface area contributed by atoms with Gasteiger partial charge in [-0.1, -0.05) is 11.8 Å². The number of carbonyl (C=O) groups is 1. The quantitative estimate of drug-likeness (QED) is 0.851. The zero-order chi connectivity index (χ0) is 17.9. The van der Waals surface area contributed by atoms with Crippen molar-refractivity contribution in [1.82, 2.24) is 9.62 Å². The van der Waals surface area contributed by atoms with Gasteiger partial charge < -0.3 is 5.32 Å². The maximum Gasteiger partial charge on any atom is 0.243 e. The predicted molar refractivity (Wildman–Crippen MR) is 95.5 cm³/mol. The van der Waals surface area contributed by atoms with Crippen molar-refractivity contribution >= 4 is 32.9 Å². The van der Waals surface area contributed by atoms with E-state index in [1.807, 2.05) is 6.07 Å². The molecule has 1 amide bonds. The SMILES string of the molecule is N#Cc1ccc(S(=O)(=O)N2CCC(C(=O)NC3=NCCS3)CC2)cc1. The second-order valence-corrected chi connectivity index (χ2v) is 8.86. The molecule has 132 valence electrons. The molecule has 0 spiro atoms. The van der Waals surface area contributed by atoms with Crippen molar-refractivity contribution in [3.05, 3.63) is 29.8 Å². The zero-order valence-electron chi connectivity index (χ0n) is 13.5. The normalized spacial score (nSPS) is 19.2. The minimum atomic E-state index is -3.59. The van der Waals surface area contributed by atoms with Crippen LogP contribution in [0.5, 0.6) is 0 Å². The van der Waals surface area contributed by atoms with Gasteiger partial charge in [-0.25, -0.2) is 8.42 Å². The fraction of sp³-hybridized carbons (Fsp3) is 0.438. The molecule has 0 atom stereocenters.